The standard InChI is InChI=1S/C17H22N2S/c1-17(2,3)15-11-20-16(19-15)10-18-14-9-13(14)12-7-5-4-6-8-12/h4-8,11,13-14,18H,9-10H2,1-3H3. The molecule has 0 spiro atoms. The molecule has 0 aliphatic heterocycles. The fraction of sp³-hybridized carbons (Fsp3) is 0.471. The van der Waals surface area contributed by atoms with Crippen molar-refractivity contribution in [2.45, 2.75) is 51.1 Å². The van der Waals surface area contributed by atoms with Crippen molar-refractivity contribution in [1.82, 2.24) is 10.3 Å². The van der Waals surface area contributed by atoms with Crippen molar-refractivity contribution in [3.05, 3.63) is 52.0 Å². The van der Waals surface area contributed by atoms with Crippen molar-refractivity contribution in [2.24, 2.45) is 0 Å². The van der Waals surface area contributed by atoms with Gasteiger partial charge in [0.25, 0.3) is 0 Å². The number of nitrogens with one attached hydrogen (secondary N) is 1. The van der Waals surface area contributed by atoms with E-state index in [9.17, 15) is 0 Å². The van der Waals surface area contributed by atoms with E-state index < -0.39 is 0 Å². The highest BCUT2D eigenvalue weighted by Gasteiger charge is 2.37. The molecule has 0 amide bonds. The van der Waals surface area contributed by atoms with Crippen LogP contribution in [0.4, 0.5) is 0 Å². The van der Waals surface area contributed by atoms with Gasteiger partial charge in [0, 0.05) is 29.3 Å². The minimum Gasteiger partial charge on any atom is -0.307 e. The molecule has 2 aromatic rings. The summed E-state index contributed by atoms with van der Waals surface area (Å²) in [5, 5.41) is 7.03. The molecule has 20 heavy (non-hydrogen) atoms. The molecule has 2 unspecified atom stereocenters. The number of aromatic nitrogens is 1. The Bertz CT molecular complexity index is 568. The van der Waals surface area contributed by atoms with Gasteiger partial charge < -0.3 is 5.32 Å². The first kappa shape index (κ1) is 13.8. The molecule has 2 atom stereocenters. The predicted molar refractivity (Wildman–Crippen MR) is 85.2 cm³/mol. The molecule has 1 aliphatic rings. The van der Waals surface area contributed by atoms with Gasteiger partial charge in [-0.3, -0.25) is 0 Å². The van der Waals surface area contributed by atoms with E-state index in [2.05, 4.69) is 61.8 Å². The lowest BCUT2D eigenvalue weighted by molar-refractivity contribution is 0.567. The molecule has 0 bridgehead atoms. The Labute approximate surface area is 125 Å². The van der Waals surface area contributed by atoms with E-state index in [4.69, 9.17) is 4.98 Å². The first-order valence-corrected chi connectivity index (χ1v) is 8.15. The van der Waals surface area contributed by atoms with Crippen LogP contribution in [0.3, 0.4) is 0 Å². The van der Waals surface area contributed by atoms with Crippen LogP contribution in [0.5, 0.6) is 0 Å². The summed E-state index contributed by atoms with van der Waals surface area (Å²) in [5.41, 5.74) is 2.81. The van der Waals surface area contributed by atoms with Crippen LogP contribution in [0, 0.1) is 0 Å². The van der Waals surface area contributed by atoms with Gasteiger partial charge in [0.2, 0.25) is 0 Å². The number of rotatable bonds is 4. The van der Waals surface area contributed by atoms with Crippen molar-refractivity contribution in [2.75, 3.05) is 0 Å². The molecule has 1 aromatic heterocycles. The Kier molecular flexibility index (Phi) is 3.65. The van der Waals surface area contributed by atoms with Crippen molar-refractivity contribution in [3.63, 3.8) is 0 Å². The summed E-state index contributed by atoms with van der Waals surface area (Å²) in [6, 6.07) is 11.4. The van der Waals surface area contributed by atoms with Crippen LogP contribution in [-0.4, -0.2) is 11.0 Å². The molecule has 1 aliphatic carbocycles. The van der Waals surface area contributed by atoms with E-state index in [1.165, 1.54) is 22.7 Å². The maximum Gasteiger partial charge on any atom is 0.107 e. The van der Waals surface area contributed by atoms with E-state index in [1.54, 1.807) is 11.3 Å². The van der Waals surface area contributed by atoms with Crippen LogP contribution in [-0.2, 0) is 12.0 Å². The maximum atomic E-state index is 4.74. The Hall–Kier alpha value is -1.19. The van der Waals surface area contributed by atoms with E-state index in [0.717, 1.165) is 6.54 Å². The molecule has 1 fully saturated rings. The first-order valence-electron chi connectivity index (χ1n) is 7.27. The highest BCUT2D eigenvalue weighted by Crippen LogP contribution is 2.40. The molecule has 1 aromatic carbocycles. The van der Waals surface area contributed by atoms with Crippen LogP contribution < -0.4 is 5.32 Å². The largest absolute Gasteiger partial charge is 0.307 e. The minimum absolute atomic E-state index is 0.154. The highest BCUT2D eigenvalue weighted by molar-refractivity contribution is 7.09. The van der Waals surface area contributed by atoms with Crippen LogP contribution >= 0.6 is 11.3 Å². The van der Waals surface area contributed by atoms with Gasteiger partial charge in [-0.05, 0) is 12.0 Å². The minimum atomic E-state index is 0.154. The Balaban J connectivity index is 1.53. The van der Waals surface area contributed by atoms with E-state index in [0.29, 0.717) is 12.0 Å². The van der Waals surface area contributed by atoms with E-state index >= 15 is 0 Å². The van der Waals surface area contributed by atoms with Crippen LogP contribution in [0.25, 0.3) is 0 Å². The van der Waals surface area contributed by atoms with Gasteiger partial charge in [0.05, 0.1) is 5.69 Å². The lowest BCUT2D eigenvalue weighted by atomic mass is 9.93. The van der Waals surface area contributed by atoms with Crippen molar-refractivity contribution < 1.29 is 0 Å². The van der Waals surface area contributed by atoms with Crippen molar-refractivity contribution >= 4 is 11.3 Å². The van der Waals surface area contributed by atoms with Gasteiger partial charge in [-0.15, -0.1) is 11.3 Å². The smallest absolute Gasteiger partial charge is 0.107 e. The topological polar surface area (TPSA) is 24.9 Å². The number of hydrogen-bond donors (Lipinski definition) is 1. The van der Waals surface area contributed by atoms with Gasteiger partial charge in [0.1, 0.15) is 5.01 Å². The molecule has 3 heteroatoms. The van der Waals surface area contributed by atoms with Gasteiger partial charge >= 0.3 is 0 Å². The quantitative estimate of drug-likeness (QED) is 0.916. The molecule has 3 rings (SSSR count). The summed E-state index contributed by atoms with van der Waals surface area (Å²) >= 11 is 1.77. The summed E-state index contributed by atoms with van der Waals surface area (Å²) in [5.74, 6) is 0.693. The summed E-state index contributed by atoms with van der Waals surface area (Å²) in [7, 11) is 0. The van der Waals surface area contributed by atoms with Gasteiger partial charge in [-0.25, -0.2) is 4.98 Å². The number of thiazole rings is 1. The maximum absolute atomic E-state index is 4.74. The molecule has 1 N–H and O–H groups in total. The molecule has 1 heterocycles. The second kappa shape index (κ2) is 5.30. The highest BCUT2D eigenvalue weighted by atomic mass is 32.1. The second-order valence-electron chi connectivity index (χ2n) is 6.62. The van der Waals surface area contributed by atoms with Gasteiger partial charge in [-0.1, -0.05) is 51.1 Å². The number of nitrogens with zero attached hydrogens (tertiary/aromatic N) is 1. The normalized spacial score (nSPS) is 21.9. The van der Waals surface area contributed by atoms with Crippen molar-refractivity contribution in [1.29, 1.82) is 0 Å². The molecule has 1 saturated carbocycles. The monoisotopic (exact) mass is 286 g/mol. The van der Waals surface area contributed by atoms with Gasteiger partial charge in [-0.2, -0.15) is 0 Å². The third-order valence-corrected chi connectivity index (χ3v) is 4.70. The fourth-order valence-electron chi connectivity index (χ4n) is 2.44. The average Bonchev–Trinajstić information content (AvgIpc) is 3.03. The zero-order valence-corrected chi connectivity index (χ0v) is 13.2. The first-order chi connectivity index (χ1) is 9.54. The summed E-state index contributed by atoms with van der Waals surface area (Å²) in [6.07, 6.45) is 1.25. The van der Waals surface area contributed by atoms with E-state index in [-0.39, 0.29) is 5.41 Å². The number of hydrogen-bond acceptors (Lipinski definition) is 3. The van der Waals surface area contributed by atoms with Crippen molar-refractivity contribution in [3.8, 4) is 0 Å². The second-order valence-corrected chi connectivity index (χ2v) is 7.56. The lowest BCUT2D eigenvalue weighted by Gasteiger charge is -2.14. The summed E-state index contributed by atoms with van der Waals surface area (Å²) in [6.45, 7) is 7.54. The van der Waals surface area contributed by atoms with E-state index in [1.807, 2.05) is 0 Å². The number of benzene rings is 1. The predicted octanol–water partition coefficient (Wildman–Crippen LogP) is 4.09. The lowest BCUT2D eigenvalue weighted by Crippen LogP contribution is -2.18. The SMILES string of the molecule is CC(C)(C)c1csc(CNC2CC2c2ccccc2)n1. The van der Waals surface area contributed by atoms with Crippen LogP contribution in [0.2, 0.25) is 0 Å². The van der Waals surface area contributed by atoms with Crippen LogP contribution in [0.15, 0.2) is 35.7 Å². The Morgan fingerprint density at radius 3 is 2.65 bits per heavy atom. The third kappa shape index (κ3) is 3.10. The molecule has 0 radical (unpaired) electrons. The van der Waals surface area contributed by atoms with Gasteiger partial charge in [0.15, 0.2) is 0 Å². The molecular weight excluding hydrogens is 264 g/mol. The molecular formula is C17H22N2S. The molecule has 2 nitrogen and oxygen atoms in total. The summed E-state index contributed by atoms with van der Waals surface area (Å²) in [4.78, 5) is 4.74. The molecule has 0 saturated heterocycles. The average molecular weight is 286 g/mol. The zero-order chi connectivity index (χ0) is 14.2. The summed E-state index contributed by atoms with van der Waals surface area (Å²) < 4.78 is 0. The Morgan fingerprint density at radius 2 is 2.00 bits per heavy atom. The fourth-order valence-corrected chi connectivity index (χ4v) is 3.42. The molecule has 106 valence electrons. The zero-order valence-electron chi connectivity index (χ0n) is 12.4. The Morgan fingerprint density at radius 1 is 1.25 bits per heavy atom. The third-order valence-electron chi connectivity index (χ3n) is 3.85. The van der Waals surface area contributed by atoms with Crippen LogP contribution in [0.1, 0.15) is 49.4 Å².